The van der Waals surface area contributed by atoms with Gasteiger partial charge in [-0.3, -0.25) is 9.78 Å². The predicted molar refractivity (Wildman–Crippen MR) is 75.4 cm³/mol. The Labute approximate surface area is 118 Å². The number of hydrogen-bond acceptors (Lipinski definition) is 3. The van der Waals surface area contributed by atoms with E-state index in [1.54, 1.807) is 12.4 Å². The second-order valence-corrected chi connectivity index (χ2v) is 4.50. The van der Waals surface area contributed by atoms with Crippen molar-refractivity contribution in [2.75, 3.05) is 13.1 Å². The Kier molecular flexibility index (Phi) is 7.79. The number of pyridine rings is 1. The molecular weight excluding hydrogens is 258 g/mol. The van der Waals surface area contributed by atoms with Crippen LogP contribution in [0.5, 0.6) is 0 Å². The molecule has 0 bridgehead atoms. The van der Waals surface area contributed by atoms with Crippen LogP contribution in [0.1, 0.15) is 31.2 Å². The van der Waals surface area contributed by atoms with Crippen molar-refractivity contribution in [1.29, 1.82) is 0 Å². The molecule has 0 aliphatic heterocycles. The van der Waals surface area contributed by atoms with E-state index in [1.165, 1.54) is 0 Å². The number of aromatic nitrogens is 1. The van der Waals surface area contributed by atoms with Crippen LogP contribution < -0.4 is 10.6 Å². The Hall–Kier alpha value is -2.11. The van der Waals surface area contributed by atoms with Gasteiger partial charge < -0.3 is 15.7 Å². The molecule has 2 amide bonds. The quantitative estimate of drug-likeness (QED) is 0.598. The van der Waals surface area contributed by atoms with Gasteiger partial charge in [0, 0.05) is 31.9 Å². The van der Waals surface area contributed by atoms with Crippen molar-refractivity contribution in [2.45, 2.75) is 32.1 Å². The monoisotopic (exact) mass is 279 g/mol. The van der Waals surface area contributed by atoms with E-state index in [-0.39, 0.29) is 12.5 Å². The fourth-order valence-electron chi connectivity index (χ4n) is 1.71. The Morgan fingerprint density at radius 2 is 1.95 bits per heavy atom. The van der Waals surface area contributed by atoms with Gasteiger partial charge in [0.1, 0.15) is 0 Å². The van der Waals surface area contributed by atoms with E-state index in [1.807, 2.05) is 12.1 Å². The summed E-state index contributed by atoms with van der Waals surface area (Å²) in [5.74, 6) is -0.772. The zero-order chi connectivity index (χ0) is 14.6. The minimum Gasteiger partial charge on any atom is -0.481 e. The molecule has 0 radical (unpaired) electrons. The second-order valence-electron chi connectivity index (χ2n) is 4.50. The molecule has 110 valence electrons. The lowest BCUT2D eigenvalue weighted by Crippen LogP contribution is -2.37. The number of carboxylic acid groups (broad SMARTS) is 1. The molecule has 0 aliphatic rings. The fraction of sp³-hybridized carbons (Fsp3) is 0.500. The van der Waals surface area contributed by atoms with Crippen LogP contribution in [0.15, 0.2) is 24.5 Å². The Bertz CT molecular complexity index is 409. The van der Waals surface area contributed by atoms with Gasteiger partial charge in [-0.2, -0.15) is 0 Å². The average Bonchev–Trinajstić information content (AvgIpc) is 2.43. The van der Waals surface area contributed by atoms with Gasteiger partial charge >= 0.3 is 12.0 Å². The van der Waals surface area contributed by atoms with E-state index in [0.717, 1.165) is 24.8 Å². The molecule has 0 aromatic carbocycles. The maximum Gasteiger partial charge on any atom is 0.314 e. The van der Waals surface area contributed by atoms with Gasteiger partial charge in [0.2, 0.25) is 0 Å². The minimum absolute atomic E-state index is 0.188. The van der Waals surface area contributed by atoms with Crippen LogP contribution in [0, 0.1) is 0 Å². The molecule has 1 aromatic rings. The standard InChI is InChI=1S/C14H21N3O3/c18-13(19)6-2-1-3-9-16-14(20)17-10-7-12-5-4-8-15-11-12/h4-5,8,11H,1-3,6-7,9-10H2,(H,18,19)(H2,16,17,20). The summed E-state index contributed by atoms with van der Waals surface area (Å²) in [4.78, 5) is 25.7. The Balaban J connectivity index is 1.97. The Morgan fingerprint density at radius 1 is 1.15 bits per heavy atom. The third-order valence-corrected chi connectivity index (χ3v) is 2.78. The first-order chi connectivity index (χ1) is 9.68. The smallest absolute Gasteiger partial charge is 0.314 e. The molecule has 6 heteroatoms. The molecule has 0 saturated heterocycles. The highest BCUT2D eigenvalue weighted by Crippen LogP contribution is 1.98. The molecule has 1 heterocycles. The largest absolute Gasteiger partial charge is 0.481 e. The highest BCUT2D eigenvalue weighted by molar-refractivity contribution is 5.73. The lowest BCUT2D eigenvalue weighted by Gasteiger charge is -2.07. The van der Waals surface area contributed by atoms with E-state index in [9.17, 15) is 9.59 Å². The normalized spacial score (nSPS) is 10.0. The van der Waals surface area contributed by atoms with Gasteiger partial charge in [-0.25, -0.2) is 4.79 Å². The number of rotatable bonds is 9. The molecule has 1 aromatic heterocycles. The highest BCUT2D eigenvalue weighted by Gasteiger charge is 2.00. The van der Waals surface area contributed by atoms with Crippen LogP contribution in [-0.2, 0) is 11.2 Å². The number of nitrogens with one attached hydrogen (secondary N) is 2. The van der Waals surface area contributed by atoms with E-state index in [4.69, 9.17) is 5.11 Å². The number of hydrogen-bond donors (Lipinski definition) is 3. The molecule has 1 rings (SSSR count). The number of aliphatic carboxylic acids is 1. The van der Waals surface area contributed by atoms with E-state index >= 15 is 0 Å². The Morgan fingerprint density at radius 3 is 2.65 bits per heavy atom. The molecule has 0 saturated carbocycles. The molecule has 0 fully saturated rings. The fourth-order valence-corrected chi connectivity index (χ4v) is 1.71. The van der Waals surface area contributed by atoms with Crippen molar-refractivity contribution >= 4 is 12.0 Å². The predicted octanol–water partition coefficient (Wildman–Crippen LogP) is 1.57. The number of nitrogens with zero attached hydrogens (tertiary/aromatic N) is 1. The van der Waals surface area contributed by atoms with E-state index < -0.39 is 5.97 Å². The summed E-state index contributed by atoms with van der Waals surface area (Å²) in [5.41, 5.74) is 1.08. The molecule has 0 spiro atoms. The number of carboxylic acids is 1. The second kappa shape index (κ2) is 9.77. The summed E-state index contributed by atoms with van der Waals surface area (Å²) < 4.78 is 0. The first-order valence-corrected chi connectivity index (χ1v) is 6.81. The van der Waals surface area contributed by atoms with E-state index in [2.05, 4.69) is 15.6 Å². The zero-order valence-electron chi connectivity index (χ0n) is 11.5. The van der Waals surface area contributed by atoms with Crippen molar-refractivity contribution < 1.29 is 14.7 Å². The van der Waals surface area contributed by atoms with Crippen LogP contribution in [0.3, 0.4) is 0 Å². The van der Waals surface area contributed by atoms with Crippen molar-refractivity contribution in [3.8, 4) is 0 Å². The van der Waals surface area contributed by atoms with Crippen molar-refractivity contribution in [1.82, 2.24) is 15.6 Å². The topological polar surface area (TPSA) is 91.3 Å². The average molecular weight is 279 g/mol. The lowest BCUT2D eigenvalue weighted by molar-refractivity contribution is -0.137. The minimum atomic E-state index is -0.772. The molecule has 20 heavy (non-hydrogen) atoms. The van der Waals surface area contributed by atoms with Crippen LogP contribution in [-0.4, -0.2) is 35.2 Å². The van der Waals surface area contributed by atoms with Crippen molar-refractivity contribution in [3.63, 3.8) is 0 Å². The highest BCUT2D eigenvalue weighted by atomic mass is 16.4. The van der Waals surface area contributed by atoms with Crippen LogP contribution in [0.25, 0.3) is 0 Å². The van der Waals surface area contributed by atoms with Gasteiger partial charge in [-0.1, -0.05) is 12.5 Å². The van der Waals surface area contributed by atoms with Gasteiger partial charge in [-0.05, 0) is 30.9 Å². The van der Waals surface area contributed by atoms with Crippen LogP contribution in [0.2, 0.25) is 0 Å². The summed E-state index contributed by atoms with van der Waals surface area (Å²) >= 11 is 0. The molecule has 3 N–H and O–H groups in total. The van der Waals surface area contributed by atoms with Crippen molar-refractivity contribution in [3.05, 3.63) is 30.1 Å². The lowest BCUT2D eigenvalue weighted by atomic mass is 10.2. The van der Waals surface area contributed by atoms with Gasteiger partial charge in [0.05, 0.1) is 0 Å². The first kappa shape index (κ1) is 15.9. The van der Waals surface area contributed by atoms with Crippen LogP contribution >= 0.6 is 0 Å². The molecule has 0 atom stereocenters. The third-order valence-electron chi connectivity index (χ3n) is 2.78. The summed E-state index contributed by atoms with van der Waals surface area (Å²) in [6.45, 7) is 1.13. The molecule has 0 aliphatic carbocycles. The summed E-state index contributed by atoms with van der Waals surface area (Å²) in [5, 5.41) is 14.0. The SMILES string of the molecule is O=C(O)CCCCCNC(=O)NCCc1cccnc1. The number of unbranched alkanes of at least 4 members (excludes halogenated alkanes) is 2. The zero-order valence-corrected chi connectivity index (χ0v) is 11.5. The van der Waals surface area contributed by atoms with Crippen LogP contribution in [0.4, 0.5) is 4.79 Å². The van der Waals surface area contributed by atoms with E-state index in [0.29, 0.717) is 19.5 Å². The maximum absolute atomic E-state index is 11.4. The number of urea groups is 1. The first-order valence-electron chi connectivity index (χ1n) is 6.81. The summed E-state index contributed by atoms with van der Waals surface area (Å²) in [6, 6.07) is 3.65. The maximum atomic E-state index is 11.4. The number of carbonyl (C=O) groups is 2. The van der Waals surface area contributed by atoms with Gasteiger partial charge in [0.15, 0.2) is 0 Å². The van der Waals surface area contributed by atoms with Gasteiger partial charge in [-0.15, -0.1) is 0 Å². The molecular formula is C14H21N3O3. The number of carbonyl (C=O) groups excluding carboxylic acids is 1. The van der Waals surface area contributed by atoms with Gasteiger partial charge in [0.25, 0.3) is 0 Å². The molecule has 0 unspecified atom stereocenters. The molecule has 6 nitrogen and oxygen atoms in total. The summed E-state index contributed by atoms with van der Waals surface area (Å²) in [6.07, 6.45) is 6.69. The third kappa shape index (κ3) is 8.07. The number of amides is 2. The summed E-state index contributed by atoms with van der Waals surface area (Å²) in [7, 11) is 0. The van der Waals surface area contributed by atoms with Crippen molar-refractivity contribution in [2.24, 2.45) is 0 Å².